The lowest BCUT2D eigenvalue weighted by Gasteiger charge is -2.17. The summed E-state index contributed by atoms with van der Waals surface area (Å²) in [7, 11) is 4.79. The highest BCUT2D eigenvalue weighted by atomic mass is 32.2. The van der Waals surface area contributed by atoms with Crippen LogP contribution in [-0.4, -0.2) is 50.6 Å². The predicted octanol–water partition coefficient (Wildman–Crippen LogP) is 4.55. The largest absolute Gasteiger partial charge is 0.497 e. The highest BCUT2D eigenvalue weighted by Crippen LogP contribution is 2.30. The van der Waals surface area contributed by atoms with Gasteiger partial charge >= 0.3 is 0 Å². The first-order valence-electron chi connectivity index (χ1n) is 12.0. The molecule has 0 saturated heterocycles. The Morgan fingerprint density at radius 2 is 1.68 bits per heavy atom. The summed E-state index contributed by atoms with van der Waals surface area (Å²) in [5.41, 5.74) is 2.83. The number of nitrogens with zero attached hydrogens (tertiary/aromatic N) is 2. The number of anilines is 1. The molecule has 4 rings (SSSR count). The van der Waals surface area contributed by atoms with E-state index in [-0.39, 0.29) is 17.6 Å². The molecule has 8 nitrogen and oxygen atoms in total. The second kappa shape index (κ2) is 12.8. The van der Waals surface area contributed by atoms with Crippen LogP contribution in [0.4, 0.5) is 5.69 Å². The lowest BCUT2D eigenvalue weighted by atomic mass is 10.1. The van der Waals surface area contributed by atoms with Crippen LogP contribution in [0.1, 0.15) is 11.1 Å². The number of thioether (sulfide) groups is 1. The summed E-state index contributed by atoms with van der Waals surface area (Å²) in [5.74, 6) is 1.77. The van der Waals surface area contributed by atoms with Gasteiger partial charge < -0.3 is 19.5 Å². The Morgan fingerprint density at radius 3 is 2.37 bits per heavy atom. The molecule has 1 aliphatic rings. The van der Waals surface area contributed by atoms with Crippen molar-refractivity contribution in [1.82, 2.24) is 5.32 Å². The molecule has 0 unspecified atom stereocenters. The predicted molar refractivity (Wildman–Crippen MR) is 151 cm³/mol. The maximum absolute atomic E-state index is 13.3. The Balaban J connectivity index is 1.41. The number of methoxy groups -OCH3 is 3. The minimum Gasteiger partial charge on any atom is -0.497 e. The Hall–Kier alpha value is -4.24. The van der Waals surface area contributed by atoms with Gasteiger partial charge in [-0.25, -0.2) is 4.99 Å². The SMILES string of the molecule is COc1ccc(/C=C2\N=C(SCC(=O)NCCc3ccc(OC)c(OC)c3)N(c3ccccc3)C2=O)cc1. The quantitative estimate of drug-likeness (QED) is 0.386. The Labute approximate surface area is 226 Å². The smallest absolute Gasteiger partial charge is 0.283 e. The third-order valence-corrected chi connectivity index (χ3v) is 6.72. The van der Waals surface area contributed by atoms with Crippen LogP contribution in [-0.2, 0) is 16.0 Å². The number of benzene rings is 3. The number of hydrogen-bond donors (Lipinski definition) is 1. The molecule has 0 bridgehead atoms. The number of amidine groups is 1. The second-order valence-electron chi connectivity index (χ2n) is 8.25. The lowest BCUT2D eigenvalue weighted by Crippen LogP contribution is -2.32. The molecule has 38 heavy (non-hydrogen) atoms. The zero-order valence-corrected chi connectivity index (χ0v) is 22.3. The van der Waals surface area contributed by atoms with Crippen LogP contribution in [0.15, 0.2) is 83.5 Å². The average Bonchev–Trinajstić information content (AvgIpc) is 3.27. The van der Waals surface area contributed by atoms with Gasteiger partial charge in [0.2, 0.25) is 5.91 Å². The van der Waals surface area contributed by atoms with E-state index in [0.717, 1.165) is 16.9 Å². The molecular formula is C29H29N3O5S. The van der Waals surface area contributed by atoms with E-state index < -0.39 is 0 Å². The van der Waals surface area contributed by atoms with E-state index in [1.165, 1.54) is 16.7 Å². The highest BCUT2D eigenvalue weighted by molar-refractivity contribution is 8.14. The third-order valence-electron chi connectivity index (χ3n) is 5.78. The van der Waals surface area contributed by atoms with Crippen molar-refractivity contribution in [2.75, 3.05) is 38.5 Å². The van der Waals surface area contributed by atoms with Crippen molar-refractivity contribution >= 4 is 40.5 Å². The summed E-state index contributed by atoms with van der Waals surface area (Å²) in [6, 6.07) is 22.3. The van der Waals surface area contributed by atoms with Crippen molar-refractivity contribution in [3.05, 3.63) is 89.6 Å². The maximum atomic E-state index is 13.3. The monoisotopic (exact) mass is 531 g/mol. The number of hydrogen-bond acceptors (Lipinski definition) is 7. The van der Waals surface area contributed by atoms with Crippen LogP contribution in [0.5, 0.6) is 17.2 Å². The molecule has 0 aromatic heterocycles. The van der Waals surface area contributed by atoms with Gasteiger partial charge in [0, 0.05) is 6.54 Å². The third kappa shape index (κ3) is 6.54. The maximum Gasteiger partial charge on any atom is 0.283 e. The van der Waals surface area contributed by atoms with Crippen molar-refractivity contribution in [3.63, 3.8) is 0 Å². The number of ether oxygens (including phenoxy) is 3. The number of para-hydroxylation sites is 1. The van der Waals surface area contributed by atoms with Crippen molar-refractivity contribution in [2.24, 2.45) is 4.99 Å². The molecule has 9 heteroatoms. The topological polar surface area (TPSA) is 89.5 Å². The minimum absolute atomic E-state index is 0.122. The molecular weight excluding hydrogens is 502 g/mol. The first-order valence-corrected chi connectivity index (χ1v) is 12.9. The number of rotatable bonds is 10. The fraction of sp³-hybridized carbons (Fsp3) is 0.207. The lowest BCUT2D eigenvalue weighted by molar-refractivity contribution is -0.118. The summed E-state index contributed by atoms with van der Waals surface area (Å²) in [6.07, 6.45) is 2.37. The number of nitrogens with one attached hydrogen (secondary N) is 1. The molecule has 3 aromatic rings. The molecule has 196 valence electrons. The van der Waals surface area contributed by atoms with Gasteiger partial charge in [0.15, 0.2) is 16.7 Å². The summed E-state index contributed by atoms with van der Waals surface area (Å²) in [6.45, 7) is 0.464. The van der Waals surface area contributed by atoms with Crippen LogP contribution < -0.4 is 24.4 Å². The van der Waals surface area contributed by atoms with Crippen molar-refractivity contribution < 1.29 is 23.8 Å². The van der Waals surface area contributed by atoms with E-state index in [1.54, 1.807) is 27.4 Å². The van der Waals surface area contributed by atoms with Crippen LogP contribution >= 0.6 is 11.8 Å². The molecule has 0 aliphatic carbocycles. The molecule has 0 radical (unpaired) electrons. The molecule has 0 atom stereocenters. The van der Waals surface area contributed by atoms with Crippen molar-refractivity contribution in [2.45, 2.75) is 6.42 Å². The summed E-state index contributed by atoms with van der Waals surface area (Å²) in [4.78, 5) is 32.0. The zero-order chi connectivity index (χ0) is 26.9. The Kier molecular flexibility index (Phi) is 9.05. The van der Waals surface area contributed by atoms with Crippen LogP contribution in [0.25, 0.3) is 6.08 Å². The molecule has 3 aromatic carbocycles. The van der Waals surface area contributed by atoms with E-state index in [9.17, 15) is 9.59 Å². The van der Waals surface area contributed by atoms with Gasteiger partial charge in [0.1, 0.15) is 11.4 Å². The standard InChI is InChI=1S/C29H29N3O5S/c1-35-23-12-9-20(10-13-23)17-24-28(34)32(22-7-5-4-6-8-22)29(31-24)38-19-27(33)30-16-15-21-11-14-25(36-2)26(18-21)37-3/h4-14,17-18H,15-16,19H2,1-3H3,(H,30,33)/b24-17-. The van der Waals surface area contributed by atoms with E-state index in [0.29, 0.717) is 41.0 Å². The molecule has 0 spiro atoms. The summed E-state index contributed by atoms with van der Waals surface area (Å²) < 4.78 is 15.8. The average molecular weight is 532 g/mol. The van der Waals surface area contributed by atoms with Gasteiger partial charge in [0.25, 0.3) is 5.91 Å². The van der Waals surface area contributed by atoms with E-state index in [2.05, 4.69) is 10.3 Å². The van der Waals surface area contributed by atoms with Gasteiger partial charge in [-0.2, -0.15) is 0 Å². The number of carbonyl (C=O) groups excluding carboxylic acids is 2. The highest BCUT2D eigenvalue weighted by Gasteiger charge is 2.32. The van der Waals surface area contributed by atoms with E-state index in [4.69, 9.17) is 14.2 Å². The molecule has 1 N–H and O–H groups in total. The number of amides is 2. The Bertz CT molecular complexity index is 1340. The fourth-order valence-electron chi connectivity index (χ4n) is 3.82. The Morgan fingerprint density at radius 1 is 0.947 bits per heavy atom. The van der Waals surface area contributed by atoms with Gasteiger partial charge in [-0.05, 0) is 60.0 Å². The van der Waals surface area contributed by atoms with Crippen molar-refractivity contribution in [3.8, 4) is 17.2 Å². The van der Waals surface area contributed by atoms with Crippen LogP contribution in [0.3, 0.4) is 0 Å². The van der Waals surface area contributed by atoms with E-state index >= 15 is 0 Å². The second-order valence-corrected chi connectivity index (χ2v) is 9.19. The van der Waals surface area contributed by atoms with Gasteiger partial charge in [-0.15, -0.1) is 0 Å². The molecule has 1 aliphatic heterocycles. The summed E-state index contributed by atoms with van der Waals surface area (Å²) >= 11 is 1.22. The van der Waals surface area contributed by atoms with E-state index in [1.807, 2.05) is 72.8 Å². The molecule has 1 heterocycles. The van der Waals surface area contributed by atoms with Gasteiger partial charge in [0.05, 0.1) is 32.8 Å². The van der Waals surface area contributed by atoms with Gasteiger partial charge in [-0.1, -0.05) is 48.2 Å². The van der Waals surface area contributed by atoms with Crippen LogP contribution in [0, 0.1) is 0 Å². The zero-order valence-electron chi connectivity index (χ0n) is 21.5. The van der Waals surface area contributed by atoms with Crippen molar-refractivity contribution in [1.29, 1.82) is 0 Å². The number of carbonyl (C=O) groups is 2. The molecule has 2 amide bonds. The first-order chi connectivity index (χ1) is 18.5. The van der Waals surface area contributed by atoms with Gasteiger partial charge in [-0.3, -0.25) is 14.5 Å². The fourth-order valence-corrected chi connectivity index (χ4v) is 4.66. The minimum atomic E-state index is -0.247. The molecule has 0 fully saturated rings. The van der Waals surface area contributed by atoms with Crippen LogP contribution in [0.2, 0.25) is 0 Å². The number of aliphatic imine (C=N–C) groups is 1. The summed E-state index contributed by atoms with van der Waals surface area (Å²) in [5, 5.41) is 3.39. The first kappa shape index (κ1) is 26.8. The normalized spacial score (nSPS) is 13.9. The molecule has 0 saturated carbocycles.